The van der Waals surface area contributed by atoms with Gasteiger partial charge in [0.2, 0.25) is 5.88 Å². The van der Waals surface area contributed by atoms with E-state index in [1.54, 1.807) is 48.8 Å². The Kier molecular flexibility index (Phi) is 6.11. The minimum absolute atomic E-state index is 0.167. The maximum Gasteiger partial charge on any atom is 0.232 e. The smallest absolute Gasteiger partial charge is 0.232 e. The molecule has 1 saturated heterocycles. The van der Waals surface area contributed by atoms with Gasteiger partial charge in [-0.3, -0.25) is 4.90 Å². The van der Waals surface area contributed by atoms with Crippen molar-refractivity contribution < 1.29 is 19.7 Å². The summed E-state index contributed by atoms with van der Waals surface area (Å²) in [5.41, 5.74) is 4.06. The number of fused-ring (bicyclic) bond motifs is 1. The van der Waals surface area contributed by atoms with Crippen molar-refractivity contribution in [1.29, 1.82) is 0 Å². The Morgan fingerprint density at radius 1 is 1.06 bits per heavy atom. The number of phenolic OH excluding ortho intramolecular Hbond substituents is 2. The van der Waals surface area contributed by atoms with E-state index in [4.69, 9.17) is 9.47 Å². The fraction of sp³-hybridized carbons (Fsp3) is 0.333. The SMILES string of the molecule is CC1=C(c2cccc(O)c2)C(c2cnc(OC[C@H](C)N3CCCC3)cn2)Oc2ccc(O)cc21. The zero-order valence-corrected chi connectivity index (χ0v) is 19.4. The van der Waals surface area contributed by atoms with Crippen LogP contribution in [0.3, 0.4) is 0 Å². The van der Waals surface area contributed by atoms with E-state index in [1.165, 1.54) is 12.8 Å². The zero-order valence-electron chi connectivity index (χ0n) is 19.4. The van der Waals surface area contributed by atoms with E-state index >= 15 is 0 Å². The standard InChI is InChI=1S/C27H29N3O4/c1-17(30-10-3-4-11-30)16-33-25-15-28-23(14-29-25)27-26(19-6-5-7-20(31)12-19)18(2)22-13-21(32)8-9-24(22)34-27/h5-9,12-15,17,27,31-32H,3-4,10-11,16H2,1-2H3/t17-,27?/m0/s1. The van der Waals surface area contributed by atoms with Crippen LogP contribution in [0.15, 0.2) is 54.9 Å². The zero-order chi connectivity index (χ0) is 23.7. The Balaban J connectivity index is 1.43. The molecule has 1 unspecified atom stereocenters. The lowest BCUT2D eigenvalue weighted by Crippen LogP contribution is -2.34. The van der Waals surface area contributed by atoms with Gasteiger partial charge in [-0.25, -0.2) is 9.97 Å². The highest BCUT2D eigenvalue weighted by atomic mass is 16.5. The maximum absolute atomic E-state index is 10.1. The molecule has 0 bridgehead atoms. The Morgan fingerprint density at radius 3 is 2.59 bits per heavy atom. The molecule has 3 heterocycles. The van der Waals surface area contributed by atoms with Crippen molar-refractivity contribution >= 4 is 11.1 Å². The minimum Gasteiger partial charge on any atom is -0.508 e. The van der Waals surface area contributed by atoms with Gasteiger partial charge in [0.25, 0.3) is 0 Å². The van der Waals surface area contributed by atoms with Crippen molar-refractivity contribution in [3.05, 3.63) is 71.7 Å². The first-order valence-electron chi connectivity index (χ1n) is 11.7. The van der Waals surface area contributed by atoms with Gasteiger partial charge in [0.05, 0.1) is 12.4 Å². The summed E-state index contributed by atoms with van der Waals surface area (Å²) < 4.78 is 12.3. The van der Waals surface area contributed by atoms with E-state index in [2.05, 4.69) is 21.8 Å². The lowest BCUT2D eigenvalue weighted by atomic mass is 9.87. The summed E-state index contributed by atoms with van der Waals surface area (Å²) in [5.74, 6) is 1.47. The molecule has 1 fully saturated rings. The van der Waals surface area contributed by atoms with Crippen LogP contribution in [-0.2, 0) is 0 Å². The highest BCUT2D eigenvalue weighted by molar-refractivity contribution is 5.95. The van der Waals surface area contributed by atoms with Crippen molar-refractivity contribution in [3.63, 3.8) is 0 Å². The number of benzene rings is 2. The number of hydrogen-bond donors (Lipinski definition) is 2. The van der Waals surface area contributed by atoms with E-state index in [0.717, 1.165) is 35.4 Å². The summed E-state index contributed by atoms with van der Waals surface area (Å²) in [7, 11) is 0. The number of rotatable bonds is 6. The van der Waals surface area contributed by atoms with Gasteiger partial charge in [-0.15, -0.1) is 0 Å². The van der Waals surface area contributed by atoms with Gasteiger partial charge in [-0.1, -0.05) is 12.1 Å². The van der Waals surface area contributed by atoms with Crippen LogP contribution in [0.25, 0.3) is 11.1 Å². The molecule has 7 nitrogen and oxygen atoms in total. The van der Waals surface area contributed by atoms with Crippen LogP contribution in [0.4, 0.5) is 0 Å². The Labute approximate surface area is 199 Å². The monoisotopic (exact) mass is 459 g/mol. The first kappa shape index (κ1) is 22.2. The molecule has 7 heteroatoms. The predicted molar refractivity (Wildman–Crippen MR) is 130 cm³/mol. The third-order valence-corrected chi connectivity index (χ3v) is 6.59. The lowest BCUT2D eigenvalue weighted by molar-refractivity contribution is 0.168. The number of ether oxygens (including phenoxy) is 2. The first-order chi connectivity index (χ1) is 16.5. The molecule has 2 aromatic carbocycles. The summed E-state index contributed by atoms with van der Waals surface area (Å²) in [5, 5.41) is 20.1. The second-order valence-electron chi connectivity index (χ2n) is 8.95. The molecule has 34 heavy (non-hydrogen) atoms. The summed E-state index contributed by atoms with van der Waals surface area (Å²) in [6.07, 6.45) is 5.29. The van der Waals surface area contributed by atoms with E-state index in [9.17, 15) is 10.2 Å². The van der Waals surface area contributed by atoms with Crippen LogP contribution in [0.2, 0.25) is 0 Å². The number of likely N-dealkylation sites (tertiary alicyclic amines) is 1. The topological polar surface area (TPSA) is 87.9 Å². The number of aromatic nitrogens is 2. The van der Waals surface area contributed by atoms with Crippen LogP contribution in [0.5, 0.6) is 23.1 Å². The van der Waals surface area contributed by atoms with Crippen molar-refractivity contribution in [2.24, 2.45) is 0 Å². The largest absolute Gasteiger partial charge is 0.508 e. The molecule has 0 spiro atoms. The van der Waals surface area contributed by atoms with E-state index < -0.39 is 6.10 Å². The normalized spacial score (nSPS) is 18.9. The predicted octanol–water partition coefficient (Wildman–Crippen LogP) is 4.82. The van der Waals surface area contributed by atoms with Gasteiger partial charge in [0, 0.05) is 17.2 Å². The van der Waals surface area contributed by atoms with Gasteiger partial charge in [-0.2, -0.15) is 0 Å². The Morgan fingerprint density at radius 2 is 1.85 bits per heavy atom. The molecular weight excluding hydrogens is 430 g/mol. The second kappa shape index (κ2) is 9.35. The summed E-state index contributed by atoms with van der Waals surface area (Å²) in [6.45, 7) is 6.97. The molecule has 0 saturated carbocycles. The summed E-state index contributed by atoms with van der Waals surface area (Å²) >= 11 is 0. The van der Waals surface area contributed by atoms with Gasteiger partial charge in [-0.05, 0) is 81.2 Å². The van der Waals surface area contributed by atoms with Crippen molar-refractivity contribution in [2.45, 2.75) is 38.8 Å². The molecule has 2 aliphatic rings. The molecule has 1 aromatic heterocycles. The van der Waals surface area contributed by atoms with Crippen molar-refractivity contribution in [1.82, 2.24) is 14.9 Å². The summed E-state index contributed by atoms with van der Waals surface area (Å²) in [4.78, 5) is 11.6. The van der Waals surface area contributed by atoms with Crippen LogP contribution in [0.1, 0.15) is 49.6 Å². The summed E-state index contributed by atoms with van der Waals surface area (Å²) in [6, 6.07) is 12.4. The molecule has 5 rings (SSSR count). The Hall–Kier alpha value is -3.58. The fourth-order valence-corrected chi connectivity index (χ4v) is 4.72. The lowest BCUT2D eigenvalue weighted by Gasteiger charge is -2.30. The number of hydrogen-bond acceptors (Lipinski definition) is 7. The maximum atomic E-state index is 10.1. The average molecular weight is 460 g/mol. The molecule has 0 amide bonds. The molecular formula is C27H29N3O4. The molecule has 176 valence electrons. The highest BCUT2D eigenvalue weighted by Crippen LogP contribution is 2.47. The van der Waals surface area contributed by atoms with E-state index in [1.807, 2.05) is 13.0 Å². The quantitative estimate of drug-likeness (QED) is 0.547. The number of allylic oxidation sites excluding steroid dienone is 1. The number of aromatic hydroxyl groups is 2. The van der Waals surface area contributed by atoms with Gasteiger partial charge < -0.3 is 19.7 Å². The molecule has 0 radical (unpaired) electrons. The molecule has 2 atom stereocenters. The first-order valence-corrected chi connectivity index (χ1v) is 11.7. The second-order valence-corrected chi connectivity index (χ2v) is 8.95. The van der Waals surface area contributed by atoms with Crippen LogP contribution >= 0.6 is 0 Å². The van der Waals surface area contributed by atoms with Crippen LogP contribution < -0.4 is 9.47 Å². The van der Waals surface area contributed by atoms with E-state index in [-0.39, 0.29) is 11.5 Å². The van der Waals surface area contributed by atoms with Crippen LogP contribution in [-0.4, -0.2) is 50.8 Å². The number of nitrogens with zero attached hydrogens (tertiary/aromatic N) is 3. The van der Waals surface area contributed by atoms with E-state index in [0.29, 0.717) is 30.0 Å². The third kappa shape index (κ3) is 4.43. The fourth-order valence-electron chi connectivity index (χ4n) is 4.72. The minimum atomic E-state index is -0.524. The van der Waals surface area contributed by atoms with Gasteiger partial charge in [0.15, 0.2) is 6.10 Å². The molecule has 3 aromatic rings. The van der Waals surface area contributed by atoms with Crippen molar-refractivity contribution in [3.8, 4) is 23.1 Å². The highest BCUT2D eigenvalue weighted by Gasteiger charge is 2.31. The average Bonchev–Trinajstić information content (AvgIpc) is 3.38. The molecule has 2 aliphatic heterocycles. The molecule has 2 N–H and O–H groups in total. The number of phenols is 2. The molecule has 0 aliphatic carbocycles. The van der Waals surface area contributed by atoms with Gasteiger partial charge in [0.1, 0.15) is 29.5 Å². The van der Waals surface area contributed by atoms with Gasteiger partial charge >= 0.3 is 0 Å². The third-order valence-electron chi connectivity index (χ3n) is 6.59. The van der Waals surface area contributed by atoms with Crippen molar-refractivity contribution in [2.75, 3.05) is 19.7 Å². The van der Waals surface area contributed by atoms with Crippen LogP contribution in [0, 0.1) is 0 Å². The Bertz CT molecular complexity index is 1200.